The minimum Gasteiger partial charge on any atom is -0.463 e. The van der Waals surface area contributed by atoms with Gasteiger partial charge in [0, 0.05) is 18.2 Å². The number of carbonyl (C=O) groups is 4. The van der Waals surface area contributed by atoms with E-state index in [1.165, 1.54) is 12.2 Å². The number of hydrogen-bond donors (Lipinski definition) is 3. The first-order valence-corrected chi connectivity index (χ1v) is 9.13. The number of hydrogen-bond acceptors (Lipinski definition) is 8. The average molecular weight is 454 g/mol. The smallest absolute Gasteiger partial charge is 0.330 e. The molecule has 180 valence electrons. The van der Waals surface area contributed by atoms with E-state index in [2.05, 4.69) is 53.4 Å². The van der Waals surface area contributed by atoms with E-state index in [-0.39, 0.29) is 24.6 Å². The van der Waals surface area contributed by atoms with Gasteiger partial charge in [-0.3, -0.25) is 9.59 Å². The number of aliphatic hydroxyl groups is 1. The summed E-state index contributed by atoms with van der Waals surface area (Å²) in [6.07, 6.45) is 7.62. The van der Waals surface area contributed by atoms with Gasteiger partial charge >= 0.3 is 11.9 Å². The van der Waals surface area contributed by atoms with Crippen molar-refractivity contribution in [1.29, 1.82) is 5.26 Å². The maximum Gasteiger partial charge on any atom is 0.330 e. The highest BCUT2D eigenvalue weighted by molar-refractivity contribution is 5.86. The third-order valence-corrected chi connectivity index (χ3v) is 2.09. The van der Waals surface area contributed by atoms with Crippen LogP contribution < -0.4 is 11.1 Å². The average Bonchev–Trinajstić information content (AvgIpc) is 2.80. The number of aliphatic hydroxyl groups excluding tert-OH is 1. The van der Waals surface area contributed by atoms with Crippen LogP contribution in [0.4, 0.5) is 0 Å². The van der Waals surface area contributed by atoms with Crippen molar-refractivity contribution in [3.8, 4) is 6.07 Å². The Morgan fingerprint density at radius 2 is 1.41 bits per heavy atom. The first kappa shape index (κ1) is 38.6. The van der Waals surface area contributed by atoms with Crippen LogP contribution >= 0.6 is 0 Å². The molecule has 0 fully saturated rings. The van der Waals surface area contributed by atoms with Crippen LogP contribution in [0.5, 0.6) is 0 Å². The third-order valence-electron chi connectivity index (χ3n) is 2.09. The quantitative estimate of drug-likeness (QED) is 0.156. The van der Waals surface area contributed by atoms with Crippen LogP contribution in [-0.4, -0.2) is 48.8 Å². The van der Waals surface area contributed by atoms with Gasteiger partial charge in [-0.1, -0.05) is 46.2 Å². The molecule has 0 aromatic heterocycles. The number of nitriles is 1. The van der Waals surface area contributed by atoms with Crippen LogP contribution in [0, 0.1) is 11.3 Å². The van der Waals surface area contributed by atoms with E-state index in [1.807, 2.05) is 6.92 Å². The van der Waals surface area contributed by atoms with Gasteiger partial charge in [-0.15, -0.1) is 0 Å². The van der Waals surface area contributed by atoms with Gasteiger partial charge < -0.3 is 25.6 Å². The summed E-state index contributed by atoms with van der Waals surface area (Å²) >= 11 is 0. The Kier molecular flexibility index (Phi) is 45.5. The lowest BCUT2D eigenvalue weighted by molar-refractivity contribution is -0.138. The van der Waals surface area contributed by atoms with Gasteiger partial charge in [-0.05, 0) is 25.5 Å². The molecule has 0 saturated heterocycles. The van der Waals surface area contributed by atoms with E-state index in [9.17, 15) is 19.2 Å². The number of primary amides is 1. The first-order valence-electron chi connectivity index (χ1n) is 9.13. The highest BCUT2D eigenvalue weighted by Crippen LogP contribution is 1.88. The van der Waals surface area contributed by atoms with Crippen molar-refractivity contribution < 1.29 is 33.8 Å². The van der Waals surface area contributed by atoms with E-state index in [0.717, 1.165) is 31.1 Å². The van der Waals surface area contributed by atoms with Crippen molar-refractivity contribution in [2.75, 3.05) is 19.9 Å². The molecule has 0 aromatic rings. The zero-order chi connectivity index (χ0) is 26.2. The number of amides is 2. The molecule has 0 aliphatic heterocycles. The maximum atomic E-state index is 10.3. The summed E-state index contributed by atoms with van der Waals surface area (Å²) in [5.41, 5.74) is 4.53. The van der Waals surface area contributed by atoms with Crippen molar-refractivity contribution >= 4 is 23.8 Å². The number of nitrogens with two attached hydrogens (primary N) is 1. The monoisotopic (exact) mass is 453 g/mol. The van der Waals surface area contributed by atoms with Gasteiger partial charge in [-0.2, -0.15) is 5.26 Å². The number of carbonyl (C=O) groups excluding carboxylic acids is 4. The second-order valence-electron chi connectivity index (χ2n) is 4.52. The molecule has 10 heteroatoms. The lowest BCUT2D eigenvalue weighted by atomic mass is 10.4. The molecule has 0 saturated carbocycles. The summed E-state index contributed by atoms with van der Waals surface area (Å²) in [6, 6.07) is 1.69. The van der Waals surface area contributed by atoms with E-state index >= 15 is 0 Å². The van der Waals surface area contributed by atoms with E-state index < -0.39 is 5.91 Å². The minimum absolute atomic E-state index is 0.329. The number of rotatable bonds is 9. The number of nitrogens with one attached hydrogen (secondary N) is 1. The zero-order valence-electron chi connectivity index (χ0n) is 18.9. The Morgan fingerprint density at radius 1 is 0.969 bits per heavy atom. The SMILES string of the molecule is C=CC#N.C=CC(=O)NCO.C=CC(=O)OCC.C=CC(=O)OCCCC.C=CC(N)=O. The van der Waals surface area contributed by atoms with Gasteiger partial charge in [0.2, 0.25) is 11.8 Å². The molecule has 0 heterocycles. The summed E-state index contributed by atoms with van der Waals surface area (Å²) in [6.45, 7) is 20.2. The van der Waals surface area contributed by atoms with Crippen LogP contribution in [0.25, 0.3) is 0 Å². The normalized spacial score (nSPS) is 7.19. The third kappa shape index (κ3) is 63.5. The van der Waals surface area contributed by atoms with E-state index in [4.69, 9.17) is 10.4 Å². The molecule has 0 bridgehead atoms. The molecule has 0 aliphatic carbocycles. The Balaban J connectivity index is -0.0000000975. The summed E-state index contributed by atoms with van der Waals surface area (Å²) in [7, 11) is 0. The molecule has 0 rings (SSSR count). The topological polar surface area (TPSA) is 169 Å². The molecule has 0 spiro atoms. The predicted octanol–water partition coefficient (Wildman–Crippen LogP) is 1.84. The van der Waals surface area contributed by atoms with E-state index in [0.29, 0.717) is 13.2 Å². The summed E-state index contributed by atoms with van der Waals surface area (Å²) < 4.78 is 9.11. The fourth-order valence-electron chi connectivity index (χ4n) is 0.727. The highest BCUT2D eigenvalue weighted by atomic mass is 16.5. The molecule has 10 nitrogen and oxygen atoms in total. The van der Waals surface area contributed by atoms with Gasteiger partial charge in [-0.25, -0.2) is 9.59 Å². The second-order valence-corrected chi connectivity index (χ2v) is 4.52. The number of unbranched alkanes of at least 4 members (excludes halogenated alkanes) is 1. The molecule has 0 aromatic carbocycles. The number of nitrogens with zero attached hydrogens (tertiary/aromatic N) is 1. The fraction of sp³-hybridized carbons (Fsp3) is 0.318. The lowest BCUT2D eigenvalue weighted by Gasteiger charge is -1.97. The molecule has 32 heavy (non-hydrogen) atoms. The molecule has 2 amide bonds. The van der Waals surface area contributed by atoms with Crippen molar-refractivity contribution in [3.05, 3.63) is 63.3 Å². The Labute approximate surface area is 190 Å². The van der Waals surface area contributed by atoms with Crippen molar-refractivity contribution in [2.45, 2.75) is 26.7 Å². The van der Waals surface area contributed by atoms with Crippen LogP contribution in [0.1, 0.15) is 26.7 Å². The van der Waals surface area contributed by atoms with Crippen LogP contribution in [-0.2, 0) is 28.7 Å². The van der Waals surface area contributed by atoms with Gasteiger partial charge in [0.1, 0.15) is 6.73 Å². The van der Waals surface area contributed by atoms with Gasteiger partial charge in [0.05, 0.1) is 19.3 Å². The molecule has 0 aliphatic rings. The molecule has 0 unspecified atom stereocenters. The number of esters is 2. The Morgan fingerprint density at radius 3 is 1.59 bits per heavy atom. The van der Waals surface area contributed by atoms with Gasteiger partial charge in [0.15, 0.2) is 0 Å². The Bertz CT molecular complexity index is 587. The molecular weight excluding hydrogens is 418 g/mol. The molecule has 0 atom stereocenters. The van der Waals surface area contributed by atoms with E-state index in [1.54, 1.807) is 13.0 Å². The molecule has 0 radical (unpaired) electrons. The predicted molar refractivity (Wildman–Crippen MR) is 124 cm³/mol. The summed E-state index contributed by atoms with van der Waals surface area (Å²) in [4.78, 5) is 39.9. The molecular formula is C22H35N3O7. The van der Waals surface area contributed by atoms with Crippen LogP contribution in [0.15, 0.2) is 63.3 Å². The summed E-state index contributed by atoms with van der Waals surface area (Å²) in [5.74, 6) is -1.53. The standard InChI is InChI=1S/C7H12O2.C5H8O2.C4H7NO2.C3H5NO.C3H3N/c1-3-5-6-9-7(8)4-2;1-3-5(6)7-4-2;1-2-4(7)5-3-6;1-2-3(4)5;1-2-3-4/h4H,2-3,5-6H2,1H3;3H,1,4H2,2H3;2,6H,1,3H2,(H,5,7);2H,1H2,(H2,4,5);2H,1H2. The highest BCUT2D eigenvalue weighted by Gasteiger charge is 1.91. The number of ether oxygens (including phenoxy) is 2. The number of allylic oxidation sites excluding steroid dienone is 1. The lowest BCUT2D eigenvalue weighted by Crippen LogP contribution is -2.20. The Hall–Kier alpha value is -3.97. The first-order chi connectivity index (χ1) is 15.1. The van der Waals surface area contributed by atoms with Crippen LogP contribution in [0.3, 0.4) is 0 Å². The van der Waals surface area contributed by atoms with Gasteiger partial charge in [0.25, 0.3) is 0 Å². The maximum absolute atomic E-state index is 10.3. The minimum atomic E-state index is -0.481. The molecule has 4 N–H and O–H groups in total. The summed E-state index contributed by atoms with van der Waals surface area (Å²) in [5, 5.41) is 17.6. The largest absolute Gasteiger partial charge is 0.463 e. The van der Waals surface area contributed by atoms with Crippen molar-refractivity contribution in [2.24, 2.45) is 5.73 Å². The van der Waals surface area contributed by atoms with Crippen molar-refractivity contribution in [3.63, 3.8) is 0 Å². The van der Waals surface area contributed by atoms with Crippen molar-refractivity contribution in [1.82, 2.24) is 5.32 Å². The second kappa shape index (κ2) is 37.7. The zero-order valence-corrected chi connectivity index (χ0v) is 18.9. The fourth-order valence-corrected chi connectivity index (χ4v) is 0.727. The van der Waals surface area contributed by atoms with Crippen LogP contribution in [0.2, 0.25) is 0 Å².